The summed E-state index contributed by atoms with van der Waals surface area (Å²) in [5.41, 5.74) is 1.78. The molecule has 0 spiro atoms. The summed E-state index contributed by atoms with van der Waals surface area (Å²) in [6, 6.07) is 22.0. The predicted molar refractivity (Wildman–Crippen MR) is 134 cm³/mol. The summed E-state index contributed by atoms with van der Waals surface area (Å²) in [5, 5.41) is 2.70. The smallest absolute Gasteiger partial charge is 0.338 e. The van der Waals surface area contributed by atoms with E-state index in [1.807, 2.05) is 30.3 Å². The van der Waals surface area contributed by atoms with Crippen LogP contribution in [0.2, 0.25) is 0 Å². The summed E-state index contributed by atoms with van der Waals surface area (Å²) >= 11 is 3.31. The third-order valence-electron chi connectivity index (χ3n) is 4.94. The van der Waals surface area contributed by atoms with Gasteiger partial charge < -0.3 is 10.1 Å². The molecule has 0 aliphatic rings. The molecule has 3 aromatic rings. The minimum Gasteiger partial charge on any atom is -0.462 e. The van der Waals surface area contributed by atoms with Crippen molar-refractivity contribution in [1.82, 2.24) is 4.31 Å². The summed E-state index contributed by atoms with van der Waals surface area (Å²) in [6.07, 6.45) is 0.456. The van der Waals surface area contributed by atoms with Gasteiger partial charge in [-0.3, -0.25) is 4.79 Å². The summed E-state index contributed by atoms with van der Waals surface area (Å²) < 4.78 is 33.5. The lowest BCUT2D eigenvalue weighted by Gasteiger charge is -2.22. The SMILES string of the molecule is CCOC(=O)c1ccc(NC(=O)CN(CCc2ccccc2)S(=O)(=O)c2ccc(Br)cc2)cc1. The number of nitrogens with one attached hydrogen (secondary N) is 1. The van der Waals surface area contributed by atoms with Crippen molar-refractivity contribution in [2.45, 2.75) is 18.2 Å². The van der Waals surface area contributed by atoms with Crippen LogP contribution in [-0.4, -0.2) is 44.3 Å². The van der Waals surface area contributed by atoms with Crippen molar-refractivity contribution in [2.24, 2.45) is 0 Å². The molecule has 0 heterocycles. The fourth-order valence-electron chi connectivity index (χ4n) is 3.20. The van der Waals surface area contributed by atoms with E-state index in [0.29, 0.717) is 17.7 Å². The van der Waals surface area contributed by atoms with Crippen LogP contribution in [0.15, 0.2) is 88.2 Å². The van der Waals surface area contributed by atoms with Crippen molar-refractivity contribution in [3.05, 3.63) is 94.5 Å². The quantitative estimate of drug-likeness (QED) is 0.379. The van der Waals surface area contributed by atoms with Gasteiger partial charge in [0.05, 0.1) is 23.6 Å². The number of carbonyl (C=O) groups is 2. The van der Waals surface area contributed by atoms with E-state index >= 15 is 0 Å². The zero-order chi connectivity index (χ0) is 24.6. The van der Waals surface area contributed by atoms with Crippen molar-refractivity contribution in [3.8, 4) is 0 Å². The molecule has 0 aromatic heterocycles. The number of hydrogen-bond donors (Lipinski definition) is 1. The normalized spacial score (nSPS) is 11.3. The van der Waals surface area contributed by atoms with E-state index in [-0.39, 0.29) is 24.6 Å². The van der Waals surface area contributed by atoms with E-state index in [2.05, 4.69) is 21.2 Å². The molecule has 0 bridgehead atoms. The lowest BCUT2D eigenvalue weighted by Crippen LogP contribution is -2.39. The molecular formula is C25H25BrN2O5S. The first-order valence-electron chi connectivity index (χ1n) is 10.7. The number of carbonyl (C=O) groups excluding carboxylic acids is 2. The molecule has 0 aliphatic heterocycles. The van der Waals surface area contributed by atoms with Crippen LogP contribution in [0.1, 0.15) is 22.8 Å². The Morgan fingerprint density at radius 3 is 2.21 bits per heavy atom. The second kappa shape index (κ2) is 11.9. The Bertz CT molecular complexity index is 1210. The highest BCUT2D eigenvalue weighted by Crippen LogP contribution is 2.20. The molecule has 34 heavy (non-hydrogen) atoms. The number of amides is 1. The van der Waals surface area contributed by atoms with Gasteiger partial charge in [0.1, 0.15) is 0 Å². The maximum Gasteiger partial charge on any atom is 0.338 e. The predicted octanol–water partition coefficient (Wildman–Crippen LogP) is 4.50. The average molecular weight is 545 g/mol. The Morgan fingerprint density at radius 1 is 0.941 bits per heavy atom. The first-order chi connectivity index (χ1) is 16.3. The highest BCUT2D eigenvalue weighted by Gasteiger charge is 2.26. The van der Waals surface area contributed by atoms with Gasteiger partial charge in [-0.15, -0.1) is 0 Å². The van der Waals surface area contributed by atoms with Crippen molar-refractivity contribution >= 4 is 43.5 Å². The molecule has 3 rings (SSSR count). The Morgan fingerprint density at radius 2 is 1.59 bits per heavy atom. The summed E-state index contributed by atoms with van der Waals surface area (Å²) in [7, 11) is -3.91. The second-order valence-corrected chi connectivity index (χ2v) is 10.2. The maximum absolute atomic E-state index is 13.3. The van der Waals surface area contributed by atoms with Gasteiger partial charge in [-0.25, -0.2) is 13.2 Å². The molecule has 0 radical (unpaired) electrons. The molecule has 3 aromatic carbocycles. The summed E-state index contributed by atoms with van der Waals surface area (Å²) in [4.78, 5) is 24.7. The number of hydrogen-bond acceptors (Lipinski definition) is 5. The van der Waals surface area contributed by atoms with Crippen molar-refractivity contribution in [2.75, 3.05) is 25.0 Å². The van der Waals surface area contributed by atoms with E-state index in [9.17, 15) is 18.0 Å². The van der Waals surface area contributed by atoms with Crippen LogP contribution in [0.4, 0.5) is 5.69 Å². The van der Waals surface area contributed by atoms with Crippen LogP contribution in [-0.2, 0) is 26.0 Å². The zero-order valence-electron chi connectivity index (χ0n) is 18.6. The van der Waals surface area contributed by atoms with Crippen LogP contribution in [0.5, 0.6) is 0 Å². The Kier molecular flexibility index (Phi) is 8.98. The van der Waals surface area contributed by atoms with Gasteiger partial charge in [0.15, 0.2) is 0 Å². The van der Waals surface area contributed by atoms with Gasteiger partial charge in [-0.05, 0) is 67.4 Å². The molecule has 0 fully saturated rings. The highest BCUT2D eigenvalue weighted by molar-refractivity contribution is 9.10. The molecule has 0 unspecified atom stereocenters. The van der Waals surface area contributed by atoms with Crippen molar-refractivity contribution < 1.29 is 22.7 Å². The average Bonchev–Trinajstić information content (AvgIpc) is 2.83. The van der Waals surface area contributed by atoms with Crippen molar-refractivity contribution in [1.29, 1.82) is 0 Å². The molecule has 1 amide bonds. The van der Waals surface area contributed by atoms with Crippen LogP contribution in [0, 0.1) is 0 Å². The monoisotopic (exact) mass is 544 g/mol. The molecular weight excluding hydrogens is 520 g/mol. The third kappa shape index (κ3) is 6.99. The second-order valence-electron chi connectivity index (χ2n) is 7.37. The fourth-order valence-corrected chi connectivity index (χ4v) is 4.86. The first kappa shape index (κ1) is 25.6. The molecule has 9 heteroatoms. The molecule has 178 valence electrons. The number of anilines is 1. The number of benzene rings is 3. The number of rotatable bonds is 10. The molecule has 7 nitrogen and oxygen atoms in total. The minimum absolute atomic E-state index is 0.107. The van der Waals surface area contributed by atoms with E-state index in [4.69, 9.17) is 4.74 Å². The maximum atomic E-state index is 13.3. The van der Waals surface area contributed by atoms with Crippen LogP contribution in [0.3, 0.4) is 0 Å². The lowest BCUT2D eigenvalue weighted by molar-refractivity contribution is -0.116. The largest absolute Gasteiger partial charge is 0.462 e. The van der Waals surface area contributed by atoms with Gasteiger partial charge in [0.2, 0.25) is 15.9 Å². The van der Waals surface area contributed by atoms with Crippen LogP contribution in [0.25, 0.3) is 0 Å². The molecule has 0 saturated carbocycles. The molecule has 1 N–H and O–H groups in total. The molecule has 0 saturated heterocycles. The summed E-state index contributed by atoms with van der Waals surface area (Å²) in [5.74, 6) is -0.939. The Balaban J connectivity index is 1.75. The summed E-state index contributed by atoms with van der Waals surface area (Å²) in [6.45, 7) is 1.77. The fraction of sp³-hybridized carbons (Fsp3) is 0.200. The lowest BCUT2D eigenvalue weighted by atomic mass is 10.1. The van der Waals surface area contributed by atoms with E-state index < -0.39 is 21.9 Å². The Labute approximate surface area is 207 Å². The van der Waals surface area contributed by atoms with Gasteiger partial charge >= 0.3 is 5.97 Å². The van der Waals surface area contributed by atoms with Crippen LogP contribution >= 0.6 is 15.9 Å². The van der Waals surface area contributed by atoms with Gasteiger partial charge in [0, 0.05) is 16.7 Å². The minimum atomic E-state index is -3.91. The van der Waals surface area contributed by atoms with Crippen molar-refractivity contribution in [3.63, 3.8) is 0 Å². The number of halogens is 1. The van der Waals surface area contributed by atoms with Gasteiger partial charge in [-0.1, -0.05) is 46.3 Å². The topological polar surface area (TPSA) is 92.8 Å². The van der Waals surface area contributed by atoms with E-state index in [0.717, 1.165) is 10.0 Å². The van der Waals surface area contributed by atoms with Gasteiger partial charge in [-0.2, -0.15) is 4.31 Å². The van der Waals surface area contributed by atoms with E-state index in [1.165, 1.54) is 16.4 Å². The van der Waals surface area contributed by atoms with E-state index in [1.54, 1.807) is 43.3 Å². The number of sulfonamides is 1. The first-order valence-corrected chi connectivity index (χ1v) is 12.9. The molecule has 0 aliphatic carbocycles. The Hall–Kier alpha value is -3.01. The number of ether oxygens (including phenoxy) is 1. The van der Waals surface area contributed by atoms with Crippen LogP contribution < -0.4 is 5.32 Å². The molecule has 0 atom stereocenters. The number of nitrogens with zero attached hydrogens (tertiary/aromatic N) is 1. The highest BCUT2D eigenvalue weighted by atomic mass is 79.9. The number of esters is 1. The van der Waals surface area contributed by atoms with Gasteiger partial charge in [0.25, 0.3) is 0 Å². The zero-order valence-corrected chi connectivity index (χ0v) is 21.0. The standard InChI is InChI=1S/C25H25BrN2O5S/c1-2-33-25(30)20-8-12-22(13-9-20)27-24(29)18-28(17-16-19-6-4-3-5-7-19)34(31,32)23-14-10-21(26)11-15-23/h3-15H,2,16-18H2,1H3,(H,27,29). The third-order valence-corrected chi connectivity index (χ3v) is 7.33.